The summed E-state index contributed by atoms with van der Waals surface area (Å²) in [5.74, 6) is 0.0544. The number of rotatable bonds is 7. The van der Waals surface area contributed by atoms with Crippen LogP contribution in [0, 0.1) is 5.92 Å². The predicted octanol–water partition coefficient (Wildman–Crippen LogP) is 0.660. The van der Waals surface area contributed by atoms with Gasteiger partial charge in [0, 0.05) is 37.9 Å². The van der Waals surface area contributed by atoms with Crippen LogP contribution >= 0.6 is 0 Å². The maximum atomic E-state index is 13.3. The van der Waals surface area contributed by atoms with Gasteiger partial charge in [0.15, 0.2) is 5.03 Å². The number of carbonyl (C=O) groups is 1. The first kappa shape index (κ1) is 23.0. The molecule has 2 heterocycles. The Balaban J connectivity index is 2.00. The average Bonchev–Trinajstić information content (AvgIpc) is 3.18. The molecular weight excluding hydrogens is 422 g/mol. The normalized spacial score (nSPS) is 20.4. The molecule has 170 valence electrons. The Bertz CT molecular complexity index is 1040. The number of aliphatic hydroxyl groups is 1. The van der Waals surface area contributed by atoms with Crippen molar-refractivity contribution in [3.05, 3.63) is 36.3 Å². The van der Waals surface area contributed by atoms with Gasteiger partial charge in [0.25, 0.3) is 15.9 Å². The van der Waals surface area contributed by atoms with Crippen LogP contribution in [-0.2, 0) is 17.1 Å². The summed E-state index contributed by atoms with van der Waals surface area (Å²) in [7, 11) is -0.416. The molecular formula is C20H29N5O5S. The lowest BCUT2D eigenvalue weighted by molar-refractivity contribution is 0.0416. The summed E-state index contributed by atoms with van der Waals surface area (Å²) < 4.78 is 35.4. The summed E-state index contributed by atoms with van der Waals surface area (Å²) in [5, 5.41) is 12.6. The van der Waals surface area contributed by atoms with Gasteiger partial charge in [0.05, 0.1) is 24.5 Å². The van der Waals surface area contributed by atoms with E-state index in [9.17, 15) is 18.3 Å². The highest BCUT2D eigenvalue weighted by Gasteiger charge is 2.33. The maximum absolute atomic E-state index is 13.3. The van der Waals surface area contributed by atoms with Gasteiger partial charge in [0.2, 0.25) is 0 Å². The molecule has 0 saturated heterocycles. The summed E-state index contributed by atoms with van der Waals surface area (Å²) in [5.41, 5.74) is 0.450. The Morgan fingerprint density at radius 1 is 1.39 bits per heavy atom. The highest BCUT2D eigenvalue weighted by molar-refractivity contribution is 7.92. The number of aromatic nitrogens is 2. The van der Waals surface area contributed by atoms with E-state index in [4.69, 9.17) is 4.74 Å². The minimum absolute atomic E-state index is 0.0147. The summed E-state index contributed by atoms with van der Waals surface area (Å²) in [4.78, 5) is 18.8. The Morgan fingerprint density at radius 3 is 2.74 bits per heavy atom. The van der Waals surface area contributed by atoms with Crippen LogP contribution in [0.5, 0.6) is 5.75 Å². The lowest BCUT2D eigenvalue weighted by Gasteiger charge is -2.37. The SMILES string of the molecule is CNC[C@H]1Oc2ccc(NS(=O)(=O)c3cn(C)cn3)cc2C(=O)N([C@@H](C)CO)C[C@@H]1C. The topological polar surface area (TPSA) is 126 Å². The quantitative estimate of drug-likeness (QED) is 0.565. The predicted molar refractivity (Wildman–Crippen MR) is 116 cm³/mol. The van der Waals surface area contributed by atoms with Gasteiger partial charge in [-0.2, -0.15) is 8.42 Å². The highest BCUT2D eigenvalue weighted by atomic mass is 32.2. The van der Waals surface area contributed by atoms with Crippen LogP contribution in [0.15, 0.2) is 35.7 Å². The number of amides is 1. The number of aliphatic hydroxyl groups excluding tert-OH is 1. The van der Waals surface area contributed by atoms with E-state index in [1.54, 1.807) is 31.0 Å². The number of aryl methyl sites for hydroxylation is 1. The van der Waals surface area contributed by atoms with Gasteiger partial charge in [-0.15, -0.1) is 0 Å². The van der Waals surface area contributed by atoms with E-state index in [1.807, 2.05) is 14.0 Å². The molecule has 1 aromatic carbocycles. The Morgan fingerprint density at radius 2 is 2.13 bits per heavy atom. The van der Waals surface area contributed by atoms with Crippen molar-refractivity contribution in [2.24, 2.45) is 13.0 Å². The Labute approximate surface area is 182 Å². The van der Waals surface area contributed by atoms with Crippen molar-refractivity contribution in [2.75, 3.05) is 31.5 Å². The monoisotopic (exact) mass is 451 g/mol. The van der Waals surface area contributed by atoms with Gasteiger partial charge >= 0.3 is 0 Å². The summed E-state index contributed by atoms with van der Waals surface area (Å²) in [6.07, 6.45) is 2.57. The van der Waals surface area contributed by atoms with Crippen LogP contribution in [0.25, 0.3) is 0 Å². The fourth-order valence-corrected chi connectivity index (χ4v) is 4.50. The molecule has 1 amide bonds. The van der Waals surface area contributed by atoms with E-state index in [2.05, 4.69) is 15.0 Å². The van der Waals surface area contributed by atoms with Crippen LogP contribution in [0.3, 0.4) is 0 Å². The number of imidazole rings is 1. The largest absolute Gasteiger partial charge is 0.488 e. The van der Waals surface area contributed by atoms with Gasteiger partial charge in [-0.3, -0.25) is 9.52 Å². The number of ether oxygens (including phenoxy) is 1. The zero-order chi connectivity index (χ0) is 22.8. The molecule has 3 atom stereocenters. The second-order valence-electron chi connectivity index (χ2n) is 7.87. The third-order valence-electron chi connectivity index (χ3n) is 5.28. The zero-order valence-electron chi connectivity index (χ0n) is 18.1. The average molecular weight is 452 g/mol. The van der Waals surface area contributed by atoms with Crippen LogP contribution in [-0.4, -0.2) is 72.8 Å². The molecule has 3 rings (SSSR count). The summed E-state index contributed by atoms with van der Waals surface area (Å²) >= 11 is 0. The van der Waals surface area contributed by atoms with Crippen molar-refractivity contribution >= 4 is 21.6 Å². The summed E-state index contributed by atoms with van der Waals surface area (Å²) in [6.45, 7) is 4.55. The Hall–Kier alpha value is -2.63. The van der Waals surface area contributed by atoms with E-state index in [0.717, 1.165) is 0 Å². The van der Waals surface area contributed by atoms with Gasteiger partial charge in [-0.05, 0) is 32.2 Å². The molecule has 1 aromatic heterocycles. The van der Waals surface area contributed by atoms with Gasteiger partial charge < -0.3 is 24.6 Å². The molecule has 0 radical (unpaired) electrons. The number of nitrogens with one attached hydrogen (secondary N) is 2. The van der Waals surface area contributed by atoms with Crippen molar-refractivity contribution in [3.63, 3.8) is 0 Å². The number of likely N-dealkylation sites (N-methyl/N-ethyl adjacent to an activating group) is 1. The van der Waals surface area contributed by atoms with Crippen molar-refractivity contribution in [3.8, 4) is 5.75 Å². The molecule has 0 aliphatic carbocycles. The number of nitrogens with zero attached hydrogens (tertiary/aromatic N) is 3. The molecule has 0 fully saturated rings. The third-order valence-corrected chi connectivity index (χ3v) is 6.54. The van der Waals surface area contributed by atoms with Crippen LogP contribution in [0.2, 0.25) is 0 Å². The van der Waals surface area contributed by atoms with E-state index in [-0.39, 0.29) is 40.8 Å². The number of carbonyl (C=O) groups excluding carboxylic acids is 1. The van der Waals surface area contributed by atoms with E-state index in [0.29, 0.717) is 18.8 Å². The first-order valence-electron chi connectivity index (χ1n) is 10.0. The number of sulfonamides is 1. The maximum Gasteiger partial charge on any atom is 0.280 e. The molecule has 10 nitrogen and oxygen atoms in total. The third kappa shape index (κ3) is 5.00. The smallest absolute Gasteiger partial charge is 0.280 e. The molecule has 31 heavy (non-hydrogen) atoms. The Kier molecular flexibility index (Phi) is 6.87. The second kappa shape index (κ2) is 9.25. The molecule has 2 aromatic rings. The fraction of sp³-hybridized carbons (Fsp3) is 0.500. The van der Waals surface area contributed by atoms with Crippen molar-refractivity contribution in [2.45, 2.75) is 31.0 Å². The molecule has 11 heteroatoms. The molecule has 0 spiro atoms. The number of benzene rings is 1. The van der Waals surface area contributed by atoms with E-state index < -0.39 is 16.1 Å². The molecule has 0 bridgehead atoms. The first-order chi connectivity index (χ1) is 14.7. The van der Waals surface area contributed by atoms with Gasteiger partial charge in [-0.1, -0.05) is 6.92 Å². The van der Waals surface area contributed by atoms with Crippen molar-refractivity contribution < 1.29 is 23.1 Å². The highest BCUT2D eigenvalue weighted by Crippen LogP contribution is 2.31. The minimum Gasteiger partial charge on any atom is -0.488 e. The molecule has 1 aliphatic heterocycles. The number of hydrogen-bond acceptors (Lipinski definition) is 7. The van der Waals surface area contributed by atoms with Crippen molar-refractivity contribution in [1.29, 1.82) is 0 Å². The number of anilines is 1. The lowest BCUT2D eigenvalue weighted by atomic mass is 9.99. The van der Waals surface area contributed by atoms with Crippen LogP contribution in [0.1, 0.15) is 24.2 Å². The van der Waals surface area contributed by atoms with Crippen molar-refractivity contribution in [1.82, 2.24) is 19.8 Å². The van der Waals surface area contributed by atoms with Crippen LogP contribution < -0.4 is 14.8 Å². The number of fused-ring (bicyclic) bond motifs is 1. The molecule has 0 unspecified atom stereocenters. The second-order valence-corrected chi connectivity index (χ2v) is 9.50. The van der Waals surface area contributed by atoms with Gasteiger partial charge in [-0.25, -0.2) is 4.98 Å². The number of hydrogen-bond donors (Lipinski definition) is 3. The summed E-state index contributed by atoms with van der Waals surface area (Å²) in [6, 6.07) is 4.20. The standard InChI is InChI=1S/C20H29N5O5S/c1-13-9-25(14(2)11-26)20(27)16-7-15(5-6-17(16)30-18(13)8-21-3)23-31(28,29)19-10-24(4)12-22-19/h5-7,10,12-14,18,21,23,26H,8-9,11H2,1-4H3/t13-,14-,18+/m0/s1. The molecule has 0 saturated carbocycles. The van der Waals surface area contributed by atoms with E-state index >= 15 is 0 Å². The first-order valence-corrected chi connectivity index (χ1v) is 11.5. The minimum atomic E-state index is -3.91. The zero-order valence-corrected chi connectivity index (χ0v) is 18.9. The van der Waals surface area contributed by atoms with Gasteiger partial charge in [0.1, 0.15) is 11.9 Å². The molecule has 3 N–H and O–H groups in total. The van der Waals surface area contributed by atoms with E-state index in [1.165, 1.54) is 23.2 Å². The fourth-order valence-electron chi connectivity index (χ4n) is 3.47. The van der Waals surface area contributed by atoms with Crippen LogP contribution in [0.4, 0.5) is 5.69 Å². The lowest BCUT2D eigenvalue weighted by Crippen LogP contribution is -2.49. The molecule has 1 aliphatic rings.